The monoisotopic (exact) mass is 471 g/mol. The molecule has 0 unspecified atom stereocenters. The van der Waals surface area contributed by atoms with Crippen LogP contribution in [-0.4, -0.2) is 50.9 Å². The number of carbonyl (C=O) groups excluding carboxylic acids is 2. The summed E-state index contributed by atoms with van der Waals surface area (Å²) < 4.78 is 8.48. The van der Waals surface area contributed by atoms with Gasteiger partial charge in [-0.15, -0.1) is 0 Å². The topological polar surface area (TPSA) is 96.8 Å². The molecule has 1 aliphatic heterocycles. The lowest BCUT2D eigenvalue weighted by atomic mass is 10.0. The van der Waals surface area contributed by atoms with E-state index >= 15 is 0 Å². The molecule has 0 aliphatic carbocycles. The summed E-state index contributed by atoms with van der Waals surface area (Å²) in [5.74, 6) is -0.550. The van der Waals surface area contributed by atoms with Gasteiger partial charge in [-0.1, -0.05) is 53.7 Å². The molecule has 5 rings (SSSR count). The average Bonchev–Trinajstić information content (AvgIpc) is 3.53. The smallest absolute Gasteiger partial charge is 0.254 e. The number of carbonyl (C=O) groups is 2. The van der Waals surface area contributed by atoms with Crippen molar-refractivity contribution in [2.75, 3.05) is 19.0 Å². The Morgan fingerprint density at radius 1 is 1.00 bits per heavy atom. The Morgan fingerprint density at radius 2 is 1.76 bits per heavy atom. The standard InChI is InChI=1S/C25H21N5O3S/c1-33-27-19-14-22(24(31)26-20-8-5-9-21-23(20)29-34-28-21)30(15-19)25(32)18-12-10-17(11-13-18)16-6-3-2-4-7-16/h2-13,22H,14-15H2,1H3,(H,26,31)/b27-19-/t22-/m0/s1. The minimum Gasteiger partial charge on any atom is -0.399 e. The molecule has 1 atom stereocenters. The number of hydrogen-bond donors (Lipinski definition) is 1. The van der Waals surface area contributed by atoms with Gasteiger partial charge in [-0.2, -0.15) is 8.75 Å². The van der Waals surface area contributed by atoms with Crippen LogP contribution in [0.2, 0.25) is 0 Å². The van der Waals surface area contributed by atoms with Gasteiger partial charge in [0.25, 0.3) is 5.91 Å². The van der Waals surface area contributed by atoms with Gasteiger partial charge in [0.15, 0.2) is 0 Å². The summed E-state index contributed by atoms with van der Waals surface area (Å²) in [5, 5.41) is 6.93. The summed E-state index contributed by atoms with van der Waals surface area (Å²) in [4.78, 5) is 33.1. The number of anilines is 1. The molecule has 1 aliphatic rings. The molecular weight excluding hydrogens is 450 g/mol. The van der Waals surface area contributed by atoms with Crippen LogP contribution >= 0.6 is 11.7 Å². The number of likely N-dealkylation sites (tertiary alicyclic amines) is 1. The number of hydrogen-bond acceptors (Lipinski definition) is 7. The molecule has 0 spiro atoms. The molecule has 1 N–H and O–H groups in total. The van der Waals surface area contributed by atoms with Gasteiger partial charge in [-0.05, 0) is 35.4 Å². The van der Waals surface area contributed by atoms with Gasteiger partial charge in [0.2, 0.25) is 5.91 Å². The van der Waals surface area contributed by atoms with Gasteiger partial charge >= 0.3 is 0 Å². The molecule has 0 radical (unpaired) electrons. The number of oxime groups is 1. The lowest BCUT2D eigenvalue weighted by Gasteiger charge is -2.23. The summed E-state index contributed by atoms with van der Waals surface area (Å²) in [5.41, 5.74) is 5.11. The van der Waals surface area contributed by atoms with Crippen molar-refractivity contribution >= 4 is 46.0 Å². The number of benzene rings is 3. The van der Waals surface area contributed by atoms with Gasteiger partial charge in [-0.3, -0.25) is 9.59 Å². The van der Waals surface area contributed by atoms with E-state index in [1.165, 1.54) is 12.0 Å². The molecule has 170 valence electrons. The molecular formula is C25H21N5O3S. The normalized spacial score (nSPS) is 16.7. The third-order valence-corrected chi connectivity index (χ3v) is 6.27. The summed E-state index contributed by atoms with van der Waals surface area (Å²) in [6, 6.07) is 22.0. The Kier molecular flexibility index (Phi) is 6.01. The van der Waals surface area contributed by atoms with Crippen LogP contribution in [-0.2, 0) is 9.63 Å². The SMILES string of the molecule is CO/N=C1/C[C@@H](C(=O)Nc2cccc3nsnc23)N(C(=O)c2ccc(-c3ccccc3)cc2)C1. The first-order valence-electron chi connectivity index (χ1n) is 10.7. The fourth-order valence-corrected chi connectivity index (χ4v) is 4.62. The van der Waals surface area contributed by atoms with Gasteiger partial charge in [-0.25, -0.2) is 0 Å². The number of nitrogens with one attached hydrogen (secondary N) is 1. The quantitative estimate of drug-likeness (QED) is 0.440. The third-order valence-electron chi connectivity index (χ3n) is 5.72. The Balaban J connectivity index is 1.39. The van der Waals surface area contributed by atoms with Gasteiger partial charge in [0.05, 0.1) is 29.7 Å². The Labute approximate surface area is 200 Å². The maximum Gasteiger partial charge on any atom is 0.254 e. The van der Waals surface area contributed by atoms with Gasteiger partial charge < -0.3 is 15.1 Å². The van der Waals surface area contributed by atoms with Crippen molar-refractivity contribution in [2.45, 2.75) is 12.5 Å². The molecule has 1 fully saturated rings. The van der Waals surface area contributed by atoms with Crippen molar-refractivity contribution in [2.24, 2.45) is 5.16 Å². The van der Waals surface area contributed by atoms with Crippen LogP contribution in [0.1, 0.15) is 16.8 Å². The maximum absolute atomic E-state index is 13.4. The molecule has 1 aromatic heterocycles. The lowest BCUT2D eigenvalue weighted by Crippen LogP contribution is -2.43. The Hall–Kier alpha value is -4.11. The zero-order chi connectivity index (χ0) is 23.5. The predicted molar refractivity (Wildman–Crippen MR) is 132 cm³/mol. The molecule has 8 nitrogen and oxygen atoms in total. The number of amides is 2. The lowest BCUT2D eigenvalue weighted by molar-refractivity contribution is -0.119. The molecule has 4 aromatic rings. The molecule has 0 bridgehead atoms. The molecule has 1 saturated heterocycles. The maximum atomic E-state index is 13.4. The van der Waals surface area contributed by atoms with E-state index in [0.29, 0.717) is 34.4 Å². The third kappa shape index (κ3) is 4.25. The summed E-state index contributed by atoms with van der Waals surface area (Å²) in [6.07, 6.45) is 0.290. The first-order chi connectivity index (χ1) is 16.6. The Bertz CT molecular complexity index is 1370. The van der Waals surface area contributed by atoms with Crippen LogP contribution in [0.3, 0.4) is 0 Å². The highest BCUT2D eigenvalue weighted by Crippen LogP contribution is 2.26. The number of rotatable bonds is 5. The fourth-order valence-electron chi connectivity index (χ4n) is 4.07. The van der Waals surface area contributed by atoms with Crippen molar-refractivity contribution in [1.82, 2.24) is 13.6 Å². The first kappa shape index (κ1) is 21.7. The summed E-state index contributed by atoms with van der Waals surface area (Å²) >= 11 is 1.08. The second-order valence-corrected chi connectivity index (χ2v) is 8.39. The molecule has 3 aromatic carbocycles. The predicted octanol–water partition coefficient (Wildman–Crippen LogP) is 4.21. The van der Waals surface area contributed by atoms with E-state index in [9.17, 15) is 9.59 Å². The largest absolute Gasteiger partial charge is 0.399 e. The number of aromatic nitrogens is 2. The van der Waals surface area contributed by atoms with E-state index in [1.807, 2.05) is 54.6 Å². The van der Waals surface area contributed by atoms with Crippen molar-refractivity contribution in [3.63, 3.8) is 0 Å². The average molecular weight is 472 g/mol. The van der Waals surface area contributed by atoms with E-state index in [-0.39, 0.29) is 18.4 Å². The van der Waals surface area contributed by atoms with Crippen LogP contribution < -0.4 is 5.32 Å². The van der Waals surface area contributed by atoms with E-state index in [1.54, 1.807) is 18.2 Å². The van der Waals surface area contributed by atoms with Gasteiger partial charge in [0.1, 0.15) is 24.2 Å². The fraction of sp³-hybridized carbons (Fsp3) is 0.160. The first-order valence-corrected chi connectivity index (χ1v) is 11.4. The zero-order valence-electron chi connectivity index (χ0n) is 18.3. The second-order valence-electron chi connectivity index (χ2n) is 7.86. The van der Waals surface area contributed by atoms with Crippen LogP contribution in [0, 0.1) is 0 Å². The molecule has 2 amide bonds. The Morgan fingerprint density at radius 3 is 2.53 bits per heavy atom. The highest BCUT2D eigenvalue weighted by atomic mass is 32.1. The molecule has 0 saturated carbocycles. The van der Waals surface area contributed by atoms with E-state index < -0.39 is 6.04 Å². The van der Waals surface area contributed by atoms with E-state index in [0.717, 1.165) is 22.9 Å². The second kappa shape index (κ2) is 9.40. The van der Waals surface area contributed by atoms with E-state index in [4.69, 9.17) is 4.84 Å². The van der Waals surface area contributed by atoms with Crippen LogP contribution in [0.4, 0.5) is 5.69 Å². The molecule has 9 heteroatoms. The van der Waals surface area contributed by atoms with Crippen molar-refractivity contribution in [3.8, 4) is 11.1 Å². The van der Waals surface area contributed by atoms with Crippen molar-refractivity contribution in [1.29, 1.82) is 0 Å². The zero-order valence-corrected chi connectivity index (χ0v) is 19.2. The van der Waals surface area contributed by atoms with Crippen LogP contribution in [0.5, 0.6) is 0 Å². The summed E-state index contributed by atoms with van der Waals surface area (Å²) in [7, 11) is 1.45. The van der Waals surface area contributed by atoms with Crippen LogP contribution in [0.15, 0.2) is 78.0 Å². The number of nitrogens with zero attached hydrogens (tertiary/aromatic N) is 4. The number of fused-ring (bicyclic) bond motifs is 1. The van der Waals surface area contributed by atoms with Crippen molar-refractivity contribution in [3.05, 3.63) is 78.4 Å². The van der Waals surface area contributed by atoms with E-state index in [2.05, 4.69) is 19.2 Å². The van der Waals surface area contributed by atoms with Crippen LogP contribution in [0.25, 0.3) is 22.2 Å². The van der Waals surface area contributed by atoms with Gasteiger partial charge in [0, 0.05) is 12.0 Å². The summed E-state index contributed by atoms with van der Waals surface area (Å²) in [6.45, 7) is 0.216. The molecule has 34 heavy (non-hydrogen) atoms. The van der Waals surface area contributed by atoms with Crippen molar-refractivity contribution < 1.29 is 14.4 Å². The minimum atomic E-state index is -0.725. The minimum absolute atomic E-state index is 0.216. The molecule has 2 heterocycles. The highest BCUT2D eigenvalue weighted by molar-refractivity contribution is 7.00. The highest BCUT2D eigenvalue weighted by Gasteiger charge is 2.38.